The molecule has 2 rings (SSSR count). The van der Waals surface area contributed by atoms with Crippen molar-refractivity contribution in [1.82, 2.24) is 10.2 Å². The molecule has 104 valence electrons. The second kappa shape index (κ2) is 6.20. The van der Waals surface area contributed by atoms with E-state index in [9.17, 15) is 4.79 Å². The van der Waals surface area contributed by atoms with E-state index in [1.165, 1.54) is 11.1 Å². The largest absolute Gasteiger partial charge is 0.337 e. The van der Waals surface area contributed by atoms with Gasteiger partial charge in [0.05, 0.1) is 6.04 Å². The zero-order chi connectivity index (χ0) is 13.8. The number of carbonyl (C=O) groups is 1. The van der Waals surface area contributed by atoms with Gasteiger partial charge in [0.1, 0.15) is 0 Å². The number of hydrogen-bond donors (Lipinski definition) is 1. The molecule has 0 aromatic heterocycles. The molecule has 3 heteroatoms. The van der Waals surface area contributed by atoms with Crippen LogP contribution in [0.3, 0.4) is 0 Å². The van der Waals surface area contributed by atoms with Gasteiger partial charge in [-0.2, -0.15) is 0 Å². The Morgan fingerprint density at radius 2 is 2.00 bits per heavy atom. The van der Waals surface area contributed by atoms with E-state index >= 15 is 0 Å². The molecular weight excluding hydrogens is 236 g/mol. The third-order valence-corrected chi connectivity index (χ3v) is 3.77. The van der Waals surface area contributed by atoms with Gasteiger partial charge in [0.2, 0.25) is 5.91 Å². The van der Waals surface area contributed by atoms with Gasteiger partial charge in [-0.05, 0) is 30.0 Å². The second-order valence-corrected chi connectivity index (χ2v) is 5.56. The Bertz CT molecular complexity index is 425. The van der Waals surface area contributed by atoms with Crippen molar-refractivity contribution >= 4 is 5.91 Å². The van der Waals surface area contributed by atoms with E-state index in [-0.39, 0.29) is 11.9 Å². The standard InChI is InChI=1S/C16H24N2O/c1-4-17-15-9-10-18(16(15)19)11-13-5-7-14(8-6-13)12(2)3/h5-8,12,15,17H,4,9-11H2,1-3H3. The van der Waals surface area contributed by atoms with Crippen LogP contribution in [-0.2, 0) is 11.3 Å². The molecule has 0 spiro atoms. The third-order valence-electron chi connectivity index (χ3n) is 3.77. The fourth-order valence-electron chi connectivity index (χ4n) is 2.56. The number of likely N-dealkylation sites (tertiary alicyclic amines) is 1. The van der Waals surface area contributed by atoms with Crippen molar-refractivity contribution in [2.75, 3.05) is 13.1 Å². The van der Waals surface area contributed by atoms with Gasteiger partial charge in [-0.1, -0.05) is 45.0 Å². The molecule has 1 unspecified atom stereocenters. The fourth-order valence-corrected chi connectivity index (χ4v) is 2.56. The molecule has 1 aliphatic heterocycles. The Kier molecular flexibility index (Phi) is 4.59. The van der Waals surface area contributed by atoms with Crippen LogP contribution >= 0.6 is 0 Å². The minimum absolute atomic E-state index is 0.0277. The first-order valence-corrected chi connectivity index (χ1v) is 7.22. The number of carbonyl (C=O) groups excluding carboxylic acids is 1. The molecule has 0 saturated carbocycles. The summed E-state index contributed by atoms with van der Waals surface area (Å²) in [4.78, 5) is 14.1. The van der Waals surface area contributed by atoms with E-state index in [0.29, 0.717) is 5.92 Å². The molecule has 1 fully saturated rings. The maximum absolute atomic E-state index is 12.1. The van der Waals surface area contributed by atoms with Crippen LogP contribution in [0.4, 0.5) is 0 Å². The van der Waals surface area contributed by atoms with E-state index in [4.69, 9.17) is 0 Å². The van der Waals surface area contributed by atoms with Crippen molar-refractivity contribution in [2.45, 2.75) is 45.7 Å². The normalized spacial score (nSPS) is 19.5. The smallest absolute Gasteiger partial charge is 0.240 e. The molecule has 1 saturated heterocycles. The Labute approximate surface area is 116 Å². The van der Waals surface area contributed by atoms with Crippen LogP contribution in [0.5, 0.6) is 0 Å². The van der Waals surface area contributed by atoms with E-state index in [0.717, 1.165) is 26.1 Å². The van der Waals surface area contributed by atoms with Gasteiger partial charge in [-0.25, -0.2) is 0 Å². The molecule has 1 aromatic carbocycles. The highest BCUT2D eigenvalue weighted by atomic mass is 16.2. The van der Waals surface area contributed by atoms with E-state index in [2.05, 4.69) is 43.4 Å². The lowest BCUT2D eigenvalue weighted by Crippen LogP contribution is -2.37. The van der Waals surface area contributed by atoms with E-state index < -0.39 is 0 Å². The highest BCUT2D eigenvalue weighted by Gasteiger charge is 2.30. The molecule has 0 radical (unpaired) electrons. The van der Waals surface area contributed by atoms with Crippen molar-refractivity contribution < 1.29 is 4.79 Å². The minimum Gasteiger partial charge on any atom is -0.337 e. The Morgan fingerprint density at radius 1 is 1.32 bits per heavy atom. The molecule has 1 N–H and O–H groups in total. The minimum atomic E-state index is 0.0277. The van der Waals surface area contributed by atoms with Crippen LogP contribution in [0.25, 0.3) is 0 Å². The van der Waals surface area contributed by atoms with Crippen LogP contribution in [0, 0.1) is 0 Å². The van der Waals surface area contributed by atoms with Crippen LogP contribution in [0.15, 0.2) is 24.3 Å². The maximum Gasteiger partial charge on any atom is 0.240 e. The Morgan fingerprint density at radius 3 is 2.58 bits per heavy atom. The van der Waals surface area contributed by atoms with Gasteiger partial charge >= 0.3 is 0 Å². The van der Waals surface area contributed by atoms with Crippen molar-refractivity contribution in [3.63, 3.8) is 0 Å². The average Bonchev–Trinajstić information content (AvgIpc) is 2.73. The van der Waals surface area contributed by atoms with Crippen LogP contribution in [0.1, 0.15) is 44.2 Å². The van der Waals surface area contributed by atoms with Crippen LogP contribution < -0.4 is 5.32 Å². The number of rotatable bonds is 5. The Hall–Kier alpha value is -1.35. The average molecular weight is 260 g/mol. The number of benzene rings is 1. The number of likely N-dealkylation sites (N-methyl/N-ethyl adjacent to an activating group) is 1. The lowest BCUT2D eigenvalue weighted by molar-refractivity contribution is -0.129. The van der Waals surface area contributed by atoms with E-state index in [1.54, 1.807) is 0 Å². The summed E-state index contributed by atoms with van der Waals surface area (Å²) in [7, 11) is 0. The fraction of sp³-hybridized carbons (Fsp3) is 0.562. The maximum atomic E-state index is 12.1. The summed E-state index contributed by atoms with van der Waals surface area (Å²) in [6, 6.07) is 8.65. The summed E-state index contributed by atoms with van der Waals surface area (Å²) in [6.45, 7) is 8.88. The predicted molar refractivity (Wildman–Crippen MR) is 78.0 cm³/mol. The molecule has 1 heterocycles. The molecule has 1 aliphatic rings. The quantitative estimate of drug-likeness (QED) is 0.882. The molecule has 19 heavy (non-hydrogen) atoms. The number of hydrogen-bond acceptors (Lipinski definition) is 2. The van der Waals surface area contributed by atoms with Gasteiger partial charge in [0.25, 0.3) is 0 Å². The van der Waals surface area contributed by atoms with E-state index in [1.807, 2.05) is 11.8 Å². The number of amides is 1. The van der Waals surface area contributed by atoms with Crippen molar-refractivity contribution in [3.8, 4) is 0 Å². The molecule has 3 nitrogen and oxygen atoms in total. The molecular formula is C16H24N2O. The van der Waals surface area contributed by atoms with Gasteiger partial charge < -0.3 is 10.2 Å². The summed E-state index contributed by atoms with van der Waals surface area (Å²) in [5.74, 6) is 0.801. The highest BCUT2D eigenvalue weighted by molar-refractivity contribution is 5.83. The SMILES string of the molecule is CCNC1CCN(Cc2ccc(C(C)C)cc2)C1=O. The molecule has 1 atom stereocenters. The molecule has 0 aliphatic carbocycles. The van der Waals surface area contributed by atoms with Gasteiger partial charge in [-0.15, -0.1) is 0 Å². The summed E-state index contributed by atoms with van der Waals surface area (Å²) in [5.41, 5.74) is 2.57. The first-order valence-electron chi connectivity index (χ1n) is 7.22. The zero-order valence-corrected chi connectivity index (χ0v) is 12.1. The summed E-state index contributed by atoms with van der Waals surface area (Å²) in [5, 5.41) is 3.24. The second-order valence-electron chi connectivity index (χ2n) is 5.56. The van der Waals surface area contributed by atoms with Gasteiger partial charge in [0.15, 0.2) is 0 Å². The van der Waals surface area contributed by atoms with Crippen LogP contribution in [-0.4, -0.2) is 29.9 Å². The van der Waals surface area contributed by atoms with Gasteiger partial charge in [-0.3, -0.25) is 4.79 Å². The lowest BCUT2D eigenvalue weighted by atomic mass is 10.0. The third kappa shape index (κ3) is 3.35. The number of nitrogens with one attached hydrogen (secondary N) is 1. The summed E-state index contributed by atoms with van der Waals surface area (Å²) < 4.78 is 0. The predicted octanol–water partition coefficient (Wildman–Crippen LogP) is 2.52. The molecule has 1 amide bonds. The van der Waals surface area contributed by atoms with Crippen molar-refractivity contribution in [3.05, 3.63) is 35.4 Å². The highest BCUT2D eigenvalue weighted by Crippen LogP contribution is 2.18. The first kappa shape index (κ1) is 14.1. The molecule has 1 aromatic rings. The number of nitrogens with zero attached hydrogens (tertiary/aromatic N) is 1. The first-order chi connectivity index (χ1) is 9.11. The zero-order valence-electron chi connectivity index (χ0n) is 12.1. The Balaban J connectivity index is 1.96. The summed E-state index contributed by atoms with van der Waals surface area (Å²) >= 11 is 0. The van der Waals surface area contributed by atoms with Crippen LogP contribution in [0.2, 0.25) is 0 Å². The van der Waals surface area contributed by atoms with Crippen molar-refractivity contribution in [1.29, 1.82) is 0 Å². The van der Waals surface area contributed by atoms with Crippen molar-refractivity contribution in [2.24, 2.45) is 0 Å². The summed E-state index contributed by atoms with van der Waals surface area (Å²) in [6.07, 6.45) is 0.927. The topological polar surface area (TPSA) is 32.3 Å². The lowest BCUT2D eigenvalue weighted by Gasteiger charge is -2.17. The van der Waals surface area contributed by atoms with Gasteiger partial charge in [0, 0.05) is 13.1 Å². The monoisotopic (exact) mass is 260 g/mol. The molecule has 0 bridgehead atoms.